The predicted molar refractivity (Wildman–Crippen MR) is 268 cm³/mol. The van der Waals surface area contributed by atoms with Gasteiger partial charge in [0.25, 0.3) is 0 Å². The molecule has 0 fully saturated rings. The van der Waals surface area contributed by atoms with Crippen LogP contribution in [0, 0.1) is 0 Å². The second kappa shape index (κ2) is 17.5. The van der Waals surface area contributed by atoms with E-state index in [4.69, 9.17) is 0 Å². The normalized spacial score (nSPS) is 14.1. The quantitative estimate of drug-likeness (QED) is 0.0752. The maximum absolute atomic E-state index is 10.2. The number of benzene rings is 5. The molecule has 2 aromatic heterocycles. The maximum atomic E-state index is 10.2. The van der Waals surface area contributed by atoms with Gasteiger partial charge in [0.1, 0.15) is 0 Å². The summed E-state index contributed by atoms with van der Waals surface area (Å²) < 4.78 is 0.632. The highest BCUT2D eigenvalue weighted by molar-refractivity contribution is 7.28. The van der Waals surface area contributed by atoms with Crippen LogP contribution in [0.4, 0.5) is 17.1 Å². The monoisotopic (exact) mass is 853 g/mol. The lowest BCUT2D eigenvalue weighted by atomic mass is 9.82. The lowest BCUT2D eigenvalue weighted by Gasteiger charge is -2.30. The van der Waals surface area contributed by atoms with Gasteiger partial charge < -0.3 is 14.9 Å². The third-order valence-corrected chi connectivity index (χ3v) is 16.4. The van der Waals surface area contributed by atoms with E-state index in [0.717, 1.165) is 42.7 Å². The number of anilines is 3. The number of thiophene rings is 2. The molecule has 2 aliphatic carbocycles. The van der Waals surface area contributed by atoms with Gasteiger partial charge in [0.05, 0.1) is 0 Å². The van der Waals surface area contributed by atoms with E-state index in [2.05, 4.69) is 162 Å². The average molecular weight is 854 g/mol. The van der Waals surface area contributed by atoms with Crippen molar-refractivity contribution >= 4 is 51.6 Å². The highest BCUT2D eigenvalue weighted by Crippen LogP contribution is 2.53. The Balaban J connectivity index is 1.13. The van der Waals surface area contributed by atoms with Crippen LogP contribution < -0.4 is 9.68 Å². The van der Waals surface area contributed by atoms with Crippen LogP contribution in [0.15, 0.2) is 121 Å². The van der Waals surface area contributed by atoms with E-state index in [1.807, 2.05) is 17.4 Å². The highest BCUT2D eigenvalue weighted by Gasteiger charge is 2.38. The number of rotatable bonds is 16. The van der Waals surface area contributed by atoms with Crippen molar-refractivity contribution in [2.45, 2.75) is 117 Å². The molecule has 316 valence electrons. The number of nitrogens with zero attached hydrogens (tertiary/aromatic N) is 1. The molecule has 0 saturated heterocycles. The van der Waals surface area contributed by atoms with Gasteiger partial charge in [-0.15, -0.1) is 22.7 Å². The summed E-state index contributed by atoms with van der Waals surface area (Å²) in [6, 6.07) is 45.7. The van der Waals surface area contributed by atoms with Gasteiger partial charge in [0.15, 0.2) is 0 Å². The Morgan fingerprint density at radius 1 is 0.484 bits per heavy atom. The SMILES string of the molecule is CCCCCCc1cc(-c2sc(B(O)O)cc2CCCCCC)sc1-c1ccc(N(c2ccc3c(c2)C(C)(C)c2ccccc2-3)c2ccc3c(c2)C(C)(C)c2ccccc2-3)cc1. The van der Waals surface area contributed by atoms with Gasteiger partial charge in [-0.25, -0.2) is 0 Å². The van der Waals surface area contributed by atoms with E-state index in [-0.39, 0.29) is 10.8 Å². The van der Waals surface area contributed by atoms with Gasteiger partial charge in [0, 0.05) is 47.3 Å². The Labute approximate surface area is 378 Å². The first-order chi connectivity index (χ1) is 30.0. The van der Waals surface area contributed by atoms with Gasteiger partial charge in [-0.2, -0.15) is 0 Å². The first-order valence-electron chi connectivity index (χ1n) is 23.0. The molecule has 6 heteroatoms. The Hall–Kier alpha value is -4.72. The molecule has 0 amide bonds. The van der Waals surface area contributed by atoms with Crippen molar-refractivity contribution < 1.29 is 10.0 Å². The lowest BCUT2D eigenvalue weighted by Crippen LogP contribution is -2.26. The average Bonchev–Trinajstić information content (AvgIpc) is 4.02. The molecule has 7 aromatic rings. The number of fused-ring (bicyclic) bond motifs is 6. The number of hydrogen-bond donors (Lipinski definition) is 2. The summed E-state index contributed by atoms with van der Waals surface area (Å²) in [5.41, 5.74) is 17.9. The molecule has 3 nitrogen and oxygen atoms in total. The third-order valence-electron chi connectivity index (χ3n) is 13.8. The van der Waals surface area contributed by atoms with Crippen molar-refractivity contribution in [1.82, 2.24) is 0 Å². The third kappa shape index (κ3) is 7.72. The fraction of sp³-hybridized carbons (Fsp3) is 0.321. The van der Waals surface area contributed by atoms with Gasteiger partial charge in [-0.1, -0.05) is 153 Å². The van der Waals surface area contributed by atoms with Crippen LogP contribution in [0.2, 0.25) is 0 Å². The summed E-state index contributed by atoms with van der Waals surface area (Å²) in [4.78, 5) is 6.22. The molecular formula is C56H60BNO2S2. The van der Waals surface area contributed by atoms with Crippen molar-refractivity contribution in [2.75, 3.05) is 4.90 Å². The second-order valence-electron chi connectivity index (χ2n) is 18.6. The van der Waals surface area contributed by atoms with E-state index < -0.39 is 7.12 Å². The van der Waals surface area contributed by atoms with Crippen molar-refractivity contribution in [3.63, 3.8) is 0 Å². The van der Waals surface area contributed by atoms with Crippen LogP contribution in [0.25, 0.3) is 42.4 Å². The van der Waals surface area contributed by atoms with Gasteiger partial charge in [0.2, 0.25) is 0 Å². The molecule has 0 bridgehead atoms. The molecule has 62 heavy (non-hydrogen) atoms. The van der Waals surface area contributed by atoms with Crippen molar-refractivity contribution in [3.8, 4) is 42.4 Å². The first kappa shape index (κ1) is 42.6. The zero-order valence-electron chi connectivity index (χ0n) is 37.4. The van der Waals surface area contributed by atoms with E-state index in [0.29, 0.717) is 4.78 Å². The minimum Gasteiger partial charge on any atom is -0.423 e. The van der Waals surface area contributed by atoms with Crippen molar-refractivity contribution in [3.05, 3.63) is 155 Å². The minimum absolute atomic E-state index is 0.114. The van der Waals surface area contributed by atoms with Crippen LogP contribution in [0.3, 0.4) is 0 Å². The van der Waals surface area contributed by atoms with Crippen LogP contribution in [0.1, 0.15) is 126 Å². The Morgan fingerprint density at radius 2 is 0.968 bits per heavy atom. The summed E-state index contributed by atoms with van der Waals surface area (Å²) in [5.74, 6) is 0. The van der Waals surface area contributed by atoms with E-state index in [1.54, 1.807) is 11.3 Å². The van der Waals surface area contributed by atoms with Crippen LogP contribution >= 0.6 is 22.7 Å². The molecule has 0 aliphatic heterocycles. The summed E-state index contributed by atoms with van der Waals surface area (Å²) >= 11 is 3.41. The summed E-state index contributed by atoms with van der Waals surface area (Å²) in [7, 11) is -1.45. The van der Waals surface area contributed by atoms with Gasteiger partial charge in [-0.05, 0) is 135 Å². The summed E-state index contributed by atoms with van der Waals surface area (Å²) in [6.07, 6.45) is 11.6. The van der Waals surface area contributed by atoms with Crippen molar-refractivity contribution in [2.24, 2.45) is 0 Å². The molecule has 0 unspecified atom stereocenters. The smallest absolute Gasteiger partial charge is 0.423 e. The van der Waals surface area contributed by atoms with Gasteiger partial charge in [-0.3, -0.25) is 0 Å². The van der Waals surface area contributed by atoms with Crippen LogP contribution in [-0.4, -0.2) is 17.2 Å². The second-order valence-corrected chi connectivity index (χ2v) is 20.8. The number of hydrogen-bond acceptors (Lipinski definition) is 5. The van der Waals surface area contributed by atoms with Crippen molar-refractivity contribution in [1.29, 1.82) is 0 Å². The van der Waals surface area contributed by atoms with E-state index >= 15 is 0 Å². The molecule has 5 aromatic carbocycles. The standard InChI is InChI=1S/C56H60BNO2S2/c1-7-9-11-13-19-38-33-51(54-39(20-14-12-10-8-2)34-52(62-54)57(59)60)61-53(38)37-25-27-40(28-26-37)58(41-29-31-45-43-21-15-17-23-47(43)55(3,4)49(45)35-41)42-30-32-46-44-22-16-18-24-48(44)56(5,6)50(46)36-42/h15-18,21-36,59-60H,7-14,19-20H2,1-6H3. The Morgan fingerprint density at radius 3 is 1.48 bits per heavy atom. The molecule has 0 spiro atoms. The van der Waals surface area contributed by atoms with Crippen LogP contribution in [-0.2, 0) is 23.7 Å². The minimum atomic E-state index is -1.45. The Kier molecular flexibility index (Phi) is 12.0. The molecular weight excluding hydrogens is 794 g/mol. The first-order valence-corrected chi connectivity index (χ1v) is 24.7. The molecule has 2 heterocycles. The van der Waals surface area contributed by atoms with E-state index in [9.17, 15) is 10.0 Å². The van der Waals surface area contributed by atoms with Crippen LogP contribution in [0.5, 0.6) is 0 Å². The maximum Gasteiger partial charge on any atom is 0.499 e. The summed E-state index contributed by atoms with van der Waals surface area (Å²) in [6.45, 7) is 14.0. The zero-order chi connectivity index (χ0) is 43.2. The zero-order valence-corrected chi connectivity index (χ0v) is 39.0. The molecule has 2 aliphatic rings. The predicted octanol–water partition coefficient (Wildman–Crippen LogP) is 15.2. The molecule has 9 rings (SSSR count). The largest absolute Gasteiger partial charge is 0.499 e. The van der Waals surface area contributed by atoms with Gasteiger partial charge >= 0.3 is 7.12 Å². The van der Waals surface area contributed by atoms with E-state index in [1.165, 1.54) is 114 Å². The fourth-order valence-corrected chi connectivity index (χ4v) is 12.7. The highest BCUT2D eigenvalue weighted by atomic mass is 32.1. The Bertz CT molecular complexity index is 2610. The lowest BCUT2D eigenvalue weighted by molar-refractivity contribution is 0.427. The molecule has 0 atom stereocenters. The number of aryl methyl sites for hydroxylation is 2. The fourth-order valence-electron chi connectivity index (χ4n) is 10.3. The summed E-state index contributed by atoms with van der Waals surface area (Å²) in [5, 5.41) is 20.5. The molecule has 2 N–H and O–H groups in total. The number of unbranched alkanes of at least 4 members (excludes halogenated alkanes) is 6. The topological polar surface area (TPSA) is 43.7 Å². The molecule has 0 saturated carbocycles. The molecule has 0 radical (unpaired) electrons.